The summed E-state index contributed by atoms with van der Waals surface area (Å²) in [7, 11) is 0. The number of rotatable bonds is 4. The van der Waals surface area contributed by atoms with Gasteiger partial charge in [-0.05, 0) is 12.5 Å². The highest BCUT2D eigenvalue weighted by molar-refractivity contribution is 5.94. The third kappa shape index (κ3) is 4.93. The van der Waals surface area contributed by atoms with Gasteiger partial charge in [0, 0.05) is 0 Å². The van der Waals surface area contributed by atoms with Crippen molar-refractivity contribution in [2.24, 2.45) is 0 Å². The highest BCUT2D eigenvalue weighted by Crippen LogP contribution is 2.16. The zero-order valence-electron chi connectivity index (χ0n) is 6.82. The minimum absolute atomic E-state index is 0.526. The Bertz CT molecular complexity index is 170. The van der Waals surface area contributed by atoms with E-state index in [0.717, 1.165) is 12.8 Å². The maximum absolute atomic E-state index is 11.6. The van der Waals surface area contributed by atoms with Crippen molar-refractivity contribution in [3.8, 4) is 0 Å². The van der Waals surface area contributed by atoms with Gasteiger partial charge >= 0.3 is 6.18 Å². The lowest BCUT2D eigenvalue weighted by Gasteiger charge is -1.98. The van der Waals surface area contributed by atoms with Crippen LogP contribution in [0.2, 0.25) is 0 Å². The highest BCUT2D eigenvalue weighted by atomic mass is 19.4. The summed E-state index contributed by atoms with van der Waals surface area (Å²) in [6.07, 6.45) is -0.623. The molecule has 0 amide bonds. The molecule has 0 rings (SSSR count). The Morgan fingerprint density at radius 2 is 2.00 bits per heavy atom. The van der Waals surface area contributed by atoms with Crippen molar-refractivity contribution >= 4 is 5.78 Å². The third-order valence-electron chi connectivity index (χ3n) is 1.27. The molecule has 0 atom stereocenters. The van der Waals surface area contributed by atoms with Gasteiger partial charge in [-0.1, -0.05) is 25.8 Å². The quantitative estimate of drug-likeness (QED) is 0.480. The van der Waals surface area contributed by atoms with Crippen LogP contribution in [0, 0.1) is 0 Å². The van der Waals surface area contributed by atoms with Crippen LogP contribution in [-0.4, -0.2) is 12.0 Å². The molecule has 0 saturated heterocycles. The SMILES string of the molecule is CCCC/C=C/C(=O)C(F)(F)F. The monoisotopic (exact) mass is 180 g/mol. The fourth-order valence-electron chi connectivity index (χ4n) is 0.607. The molecule has 4 heteroatoms. The second-order valence-electron chi connectivity index (χ2n) is 2.41. The number of unbranched alkanes of at least 4 members (excludes halogenated alkanes) is 2. The lowest BCUT2D eigenvalue weighted by molar-refractivity contribution is -0.165. The largest absolute Gasteiger partial charge is 0.454 e. The zero-order valence-corrected chi connectivity index (χ0v) is 6.82. The average molecular weight is 180 g/mol. The van der Waals surface area contributed by atoms with Gasteiger partial charge in [0.1, 0.15) is 0 Å². The molecule has 0 radical (unpaired) electrons. The maximum atomic E-state index is 11.6. The van der Waals surface area contributed by atoms with Gasteiger partial charge < -0.3 is 0 Å². The van der Waals surface area contributed by atoms with Crippen molar-refractivity contribution in [2.45, 2.75) is 32.4 Å². The first kappa shape index (κ1) is 11.2. The number of allylic oxidation sites excluding steroid dienone is 2. The predicted octanol–water partition coefficient (Wildman–Crippen LogP) is 2.86. The number of halogens is 3. The summed E-state index contributed by atoms with van der Waals surface area (Å²) in [5.74, 6) is -1.78. The minimum atomic E-state index is -4.72. The van der Waals surface area contributed by atoms with Gasteiger partial charge in [0.05, 0.1) is 0 Å². The van der Waals surface area contributed by atoms with Gasteiger partial charge in [-0.3, -0.25) is 4.79 Å². The number of hydrogen-bond acceptors (Lipinski definition) is 1. The van der Waals surface area contributed by atoms with Crippen molar-refractivity contribution in [3.63, 3.8) is 0 Å². The normalized spacial score (nSPS) is 12.3. The minimum Gasteiger partial charge on any atom is -0.285 e. The van der Waals surface area contributed by atoms with Crippen molar-refractivity contribution in [3.05, 3.63) is 12.2 Å². The molecule has 0 aliphatic heterocycles. The number of carbonyl (C=O) groups excluding carboxylic acids is 1. The molecule has 0 unspecified atom stereocenters. The highest BCUT2D eigenvalue weighted by Gasteiger charge is 2.35. The van der Waals surface area contributed by atoms with E-state index in [4.69, 9.17) is 0 Å². The van der Waals surface area contributed by atoms with Gasteiger partial charge in [0.2, 0.25) is 0 Å². The molecular formula is C8H11F3O. The Kier molecular flexibility index (Phi) is 4.62. The smallest absolute Gasteiger partial charge is 0.285 e. The fourth-order valence-corrected chi connectivity index (χ4v) is 0.607. The van der Waals surface area contributed by atoms with Gasteiger partial charge in [0.25, 0.3) is 5.78 Å². The third-order valence-corrected chi connectivity index (χ3v) is 1.27. The second-order valence-corrected chi connectivity index (χ2v) is 2.41. The van der Waals surface area contributed by atoms with E-state index in [1.165, 1.54) is 6.08 Å². The van der Waals surface area contributed by atoms with Crippen LogP contribution in [0.5, 0.6) is 0 Å². The molecule has 0 fully saturated rings. The van der Waals surface area contributed by atoms with Gasteiger partial charge in [-0.2, -0.15) is 13.2 Å². The molecule has 0 aromatic rings. The molecule has 0 heterocycles. The molecule has 0 N–H and O–H groups in total. The molecule has 0 aliphatic carbocycles. The molecule has 0 aromatic heterocycles. The Labute approximate surface area is 69.3 Å². The summed E-state index contributed by atoms with van der Waals surface area (Å²) in [5, 5.41) is 0. The van der Waals surface area contributed by atoms with E-state index in [2.05, 4.69) is 0 Å². The first-order valence-electron chi connectivity index (χ1n) is 3.76. The van der Waals surface area contributed by atoms with Gasteiger partial charge in [-0.25, -0.2) is 0 Å². The molecule has 70 valence electrons. The van der Waals surface area contributed by atoms with E-state index in [-0.39, 0.29) is 0 Å². The predicted molar refractivity (Wildman–Crippen MR) is 39.7 cm³/mol. The summed E-state index contributed by atoms with van der Waals surface area (Å²) in [6.45, 7) is 1.93. The summed E-state index contributed by atoms with van der Waals surface area (Å²) >= 11 is 0. The van der Waals surface area contributed by atoms with Crippen LogP contribution >= 0.6 is 0 Å². The van der Waals surface area contributed by atoms with E-state index in [0.29, 0.717) is 12.5 Å². The Morgan fingerprint density at radius 3 is 2.42 bits per heavy atom. The Balaban J connectivity index is 3.77. The molecule has 0 bridgehead atoms. The molecule has 0 spiro atoms. The molecule has 0 aromatic carbocycles. The van der Waals surface area contributed by atoms with Crippen LogP contribution in [0.1, 0.15) is 26.2 Å². The molecule has 0 aliphatic rings. The van der Waals surface area contributed by atoms with E-state index < -0.39 is 12.0 Å². The fraction of sp³-hybridized carbons (Fsp3) is 0.625. The summed E-state index contributed by atoms with van der Waals surface area (Å²) in [6, 6.07) is 0. The standard InChI is InChI=1S/C8H11F3O/c1-2-3-4-5-6-7(12)8(9,10)11/h5-6H,2-4H2,1H3/b6-5+. The van der Waals surface area contributed by atoms with Crippen molar-refractivity contribution in [2.75, 3.05) is 0 Å². The topological polar surface area (TPSA) is 17.1 Å². The average Bonchev–Trinajstić information content (AvgIpc) is 1.96. The van der Waals surface area contributed by atoms with Crippen molar-refractivity contribution < 1.29 is 18.0 Å². The summed E-state index contributed by atoms with van der Waals surface area (Å²) < 4.78 is 34.7. The van der Waals surface area contributed by atoms with Crippen LogP contribution in [0.3, 0.4) is 0 Å². The molecule has 0 saturated carbocycles. The van der Waals surface area contributed by atoms with E-state index in [1.807, 2.05) is 6.92 Å². The van der Waals surface area contributed by atoms with E-state index in [1.54, 1.807) is 0 Å². The molecular weight excluding hydrogens is 169 g/mol. The van der Waals surface area contributed by atoms with E-state index >= 15 is 0 Å². The first-order chi connectivity index (χ1) is 5.48. The van der Waals surface area contributed by atoms with Crippen molar-refractivity contribution in [1.29, 1.82) is 0 Å². The Morgan fingerprint density at radius 1 is 1.42 bits per heavy atom. The van der Waals surface area contributed by atoms with Crippen LogP contribution in [-0.2, 0) is 4.79 Å². The first-order valence-corrected chi connectivity index (χ1v) is 3.76. The zero-order chi connectivity index (χ0) is 9.61. The van der Waals surface area contributed by atoms with Crippen LogP contribution in [0.4, 0.5) is 13.2 Å². The van der Waals surface area contributed by atoms with Crippen LogP contribution in [0.15, 0.2) is 12.2 Å². The van der Waals surface area contributed by atoms with Crippen LogP contribution in [0.25, 0.3) is 0 Å². The number of alkyl halides is 3. The number of carbonyl (C=O) groups is 1. The van der Waals surface area contributed by atoms with Crippen molar-refractivity contribution in [1.82, 2.24) is 0 Å². The van der Waals surface area contributed by atoms with Crippen LogP contribution < -0.4 is 0 Å². The summed E-state index contributed by atoms with van der Waals surface area (Å²) in [4.78, 5) is 10.2. The summed E-state index contributed by atoms with van der Waals surface area (Å²) in [5.41, 5.74) is 0. The lowest BCUT2D eigenvalue weighted by Crippen LogP contribution is -2.19. The van der Waals surface area contributed by atoms with Gasteiger partial charge in [-0.15, -0.1) is 0 Å². The Hall–Kier alpha value is -0.800. The number of hydrogen-bond donors (Lipinski definition) is 0. The maximum Gasteiger partial charge on any atom is 0.454 e. The second kappa shape index (κ2) is 4.95. The molecule has 12 heavy (non-hydrogen) atoms. The lowest BCUT2D eigenvalue weighted by atomic mass is 10.2. The molecule has 1 nitrogen and oxygen atoms in total. The van der Waals surface area contributed by atoms with Gasteiger partial charge in [0.15, 0.2) is 0 Å². The number of ketones is 1. The van der Waals surface area contributed by atoms with E-state index in [9.17, 15) is 18.0 Å².